The van der Waals surface area contributed by atoms with Crippen molar-refractivity contribution in [3.8, 4) is 0 Å². The molecule has 10 heteroatoms. The highest BCUT2D eigenvalue weighted by Gasteiger charge is 2.27. The van der Waals surface area contributed by atoms with Crippen LogP contribution in [0.1, 0.15) is 168 Å². The normalized spacial score (nSPS) is 14.2. The maximum Gasteiger partial charge on any atom is 0.472 e. The van der Waals surface area contributed by atoms with Crippen molar-refractivity contribution in [2.75, 3.05) is 47.5 Å². The lowest BCUT2D eigenvalue weighted by Crippen LogP contribution is -2.37. The maximum absolute atomic E-state index is 12.6. The van der Waals surface area contributed by atoms with Gasteiger partial charge in [-0.1, -0.05) is 157 Å². The van der Waals surface area contributed by atoms with Gasteiger partial charge in [0, 0.05) is 12.8 Å². The number of likely N-dealkylation sites (N-methyl/N-ethyl adjacent to an activating group) is 1. The predicted octanol–water partition coefficient (Wildman–Crippen LogP) is 13.0. The number of allylic oxidation sites excluding steroid dienone is 12. The monoisotopic (exact) mass is 835 g/mol. The number of ether oxygens (including phenoxy) is 2. The van der Waals surface area contributed by atoms with Gasteiger partial charge in [-0.2, -0.15) is 0 Å². The minimum Gasteiger partial charge on any atom is -0.462 e. The largest absolute Gasteiger partial charge is 0.472 e. The standard InChI is InChI=1S/C48H84NO8P/c1-6-8-10-12-14-16-18-20-21-22-23-24-25-26-27-29-30-32-34-36-38-40-47(50)54-44-46(45-56-58(52,53)55-43-42-49(3,4)5)57-48(51)41-39-37-35-33-31-28-19-17-15-13-11-9-7-2/h9,11,15,17-18,20,22-23,28,31,35,37,46H,6-8,10,12-14,16,19,21,24-27,29-30,32-34,36,38-45H2,1-5H3/p+1/b11-9-,17-15-,20-18-,23-22-,31-28-,37-35-. The van der Waals surface area contributed by atoms with E-state index in [-0.39, 0.29) is 26.1 Å². The van der Waals surface area contributed by atoms with Gasteiger partial charge in [0.25, 0.3) is 0 Å². The summed E-state index contributed by atoms with van der Waals surface area (Å²) >= 11 is 0. The summed E-state index contributed by atoms with van der Waals surface area (Å²) in [5.41, 5.74) is 0. The molecule has 334 valence electrons. The second-order valence-electron chi connectivity index (χ2n) is 16.0. The number of esters is 2. The molecule has 0 aromatic heterocycles. The van der Waals surface area contributed by atoms with E-state index in [2.05, 4.69) is 74.6 Å². The summed E-state index contributed by atoms with van der Waals surface area (Å²) in [6, 6.07) is 0. The quantitative estimate of drug-likeness (QED) is 0.0214. The van der Waals surface area contributed by atoms with Gasteiger partial charge in [0.1, 0.15) is 19.8 Å². The van der Waals surface area contributed by atoms with Crippen molar-refractivity contribution in [1.29, 1.82) is 0 Å². The van der Waals surface area contributed by atoms with Crippen LogP contribution in [0.3, 0.4) is 0 Å². The lowest BCUT2D eigenvalue weighted by atomic mass is 10.1. The van der Waals surface area contributed by atoms with Crippen LogP contribution in [0.2, 0.25) is 0 Å². The van der Waals surface area contributed by atoms with Gasteiger partial charge in [-0.15, -0.1) is 0 Å². The van der Waals surface area contributed by atoms with Gasteiger partial charge < -0.3 is 18.9 Å². The van der Waals surface area contributed by atoms with Crippen LogP contribution < -0.4 is 0 Å². The lowest BCUT2D eigenvalue weighted by molar-refractivity contribution is -0.870. The Kier molecular flexibility index (Phi) is 38.1. The zero-order valence-corrected chi connectivity index (χ0v) is 38.4. The van der Waals surface area contributed by atoms with Crippen molar-refractivity contribution < 1.29 is 42.1 Å². The van der Waals surface area contributed by atoms with E-state index >= 15 is 0 Å². The second-order valence-corrected chi connectivity index (χ2v) is 17.5. The van der Waals surface area contributed by atoms with E-state index in [9.17, 15) is 19.0 Å². The molecule has 0 spiro atoms. The molecule has 9 nitrogen and oxygen atoms in total. The number of hydrogen-bond acceptors (Lipinski definition) is 7. The number of phosphoric ester groups is 1. The fourth-order valence-corrected chi connectivity index (χ4v) is 6.45. The Bertz CT molecular complexity index is 1220. The molecule has 0 aromatic carbocycles. The third-order valence-electron chi connectivity index (χ3n) is 9.23. The zero-order chi connectivity index (χ0) is 42.8. The van der Waals surface area contributed by atoms with Crippen molar-refractivity contribution >= 4 is 19.8 Å². The van der Waals surface area contributed by atoms with Gasteiger partial charge >= 0.3 is 19.8 Å². The molecule has 0 fully saturated rings. The van der Waals surface area contributed by atoms with Crippen LogP contribution in [0.15, 0.2) is 72.9 Å². The molecule has 0 aromatic rings. The Morgan fingerprint density at radius 3 is 1.53 bits per heavy atom. The number of nitrogens with zero attached hydrogens (tertiary/aromatic N) is 1. The van der Waals surface area contributed by atoms with Crippen LogP contribution in [-0.2, 0) is 32.7 Å². The smallest absolute Gasteiger partial charge is 0.462 e. The molecule has 0 heterocycles. The highest BCUT2D eigenvalue weighted by atomic mass is 31.2. The molecule has 0 saturated carbocycles. The number of rotatable bonds is 40. The van der Waals surface area contributed by atoms with E-state index in [1.165, 1.54) is 70.6 Å². The Morgan fingerprint density at radius 2 is 1.02 bits per heavy atom. The number of carbonyl (C=O) groups is 2. The zero-order valence-electron chi connectivity index (χ0n) is 37.5. The molecular formula is C48H85NO8P+. The lowest BCUT2D eigenvalue weighted by Gasteiger charge is -2.24. The molecule has 0 rings (SSSR count). The maximum atomic E-state index is 12.6. The Balaban J connectivity index is 4.37. The van der Waals surface area contributed by atoms with Gasteiger partial charge in [-0.25, -0.2) is 4.57 Å². The van der Waals surface area contributed by atoms with Gasteiger partial charge in [-0.05, 0) is 70.6 Å². The van der Waals surface area contributed by atoms with Gasteiger partial charge in [-0.3, -0.25) is 18.6 Å². The highest BCUT2D eigenvalue weighted by Crippen LogP contribution is 2.43. The third kappa shape index (κ3) is 43.0. The van der Waals surface area contributed by atoms with Crippen molar-refractivity contribution in [3.63, 3.8) is 0 Å². The minimum atomic E-state index is -4.40. The number of quaternary nitrogens is 1. The van der Waals surface area contributed by atoms with Crippen LogP contribution in [0.5, 0.6) is 0 Å². The number of phosphoric acid groups is 1. The van der Waals surface area contributed by atoms with Gasteiger partial charge in [0.05, 0.1) is 27.7 Å². The van der Waals surface area contributed by atoms with Crippen molar-refractivity contribution in [1.82, 2.24) is 0 Å². The minimum absolute atomic E-state index is 0.0151. The van der Waals surface area contributed by atoms with Crippen molar-refractivity contribution in [3.05, 3.63) is 72.9 Å². The molecule has 0 radical (unpaired) electrons. The van der Waals surface area contributed by atoms with E-state index < -0.39 is 32.5 Å². The third-order valence-corrected chi connectivity index (χ3v) is 10.2. The SMILES string of the molecule is CC/C=C\C/C=C\C/C=C\C/C=C\CCC(=O)OC(COC(=O)CCCCCCCCCCC/C=C\C/C=C\CCCCCCC)COP(=O)(O)OCC[N+](C)(C)C. The molecule has 2 unspecified atom stereocenters. The van der Waals surface area contributed by atoms with E-state index in [1.807, 2.05) is 33.3 Å². The van der Waals surface area contributed by atoms with Crippen LogP contribution in [0.25, 0.3) is 0 Å². The van der Waals surface area contributed by atoms with Crippen LogP contribution in [-0.4, -0.2) is 74.9 Å². The summed E-state index contributed by atoms with van der Waals surface area (Å²) in [4.78, 5) is 35.3. The number of carbonyl (C=O) groups excluding carboxylic acids is 2. The summed E-state index contributed by atoms with van der Waals surface area (Å²) in [7, 11) is 1.42. The average molecular weight is 835 g/mol. The van der Waals surface area contributed by atoms with E-state index in [0.29, 0.717) is 17.4 Å². The number of unbranched alkanes of at least 4 members (excludes halogenated alkanes) is 14. The fraction of sp³-hybridized carbons (Fsp3) is 0.708. The molecule has 1 N–H and O–H groups in total. The second kappa shape index (κ2) is 39.9. The van der Waals surface area contributed by atoms with E-state index in [1.54, 1.807) is 0 Å². The first-order chi connectivity index (χ1) is 28.0. The first-order valence-electron chi connectivity index (χ1n) is 22.7. The van der Waals surface area contributed by atoms with Crippen LogP contribution in [0, 0.1) is 0 Å². The molecule has 0 amide bonds. The summed E-state index contributed by atoms with van der Waals surface area (Å²) in [6.45, 7) is 4.19. The van der Waals surface area contributed by atoms with Gasteiger partial charge in [0.2, 0.25) is 0 Å². The first kappa shape index (κ1) is 55.5. The first-order valence-corrected chi connectivity index (χ1v) is 24.2. The Morgan fingerprint density at radius 1 is 0.552 bits per heavy atom. The Hall–Kier alpha value is -2.55. The molecular weight excluding hydrogens is 750 g/mol. The van der Waals surface area contributed by atoms with Crippen LogP contribution >= 0.6 is 7.82 Å². The van der Waals surface area contributed by atoms with Crippen molar-refractivity contribution in [2.45, 2.75) is 174 Å². The highest BCUT2D eigenvalue weighted by molar-refractivity contribution is 7.47. The molecule has 0 aliphatic carbocycles. The summed E-state index contributed by atoms with van der Waals surface area (Å²) in [5.74, 6) is -0.903. The molecule has 0 saturated heterocycles. The molecule has 0 aliphatic rings. The molecule has 0 bridgehead atoms. The van der Waals surface area contributed by atoms with Crippen LogP contribution in [0.4, 0.5) is 0 Å². The average Bonchev–Trinajstić information content (AvgIpc) is 3.17. The molecule has 58 heavy (non-hydrogen) atoms. The Labute approximate surface area is 355 Å². The van der Waals surface area contributed by atoms with E-state index in [0.717, 1.165) is 64.2 Å². The van der Waals surface area contributed by atoms with Crippen molar-refractivity contribution in [2.24, 2.45) is 0 Å². The molecule has 2 atom stereocenters. The fourth-order valence-electron chi connectivity index (χ4n) is 5.70. The summed E-state index contributed by atoms with van der Waals surface area (Å²) in [6.07, 6.45) is 49.7. The predicted molar refractivity (Wildman–Crippen MR) is 242 cm³/mol. The summed E-state index contributed by atoms with van der Waals surface area (Å²) in [5, 5.41) is 0. The van der Waals surface area contributed by atoms with Gasteiger partial charge in [0.15, 0.2) is 6.10 Å². The van der Waals surface area contributed by atoms with E-state index in [4.69, 9.17) is 18.5 Å². The molecule has 0 aliphatic heterocycles. The summed E-state index contributed by atoms with van der Waals surface area (Å²) < 4.78 is 34.2. The topological polar surface area (TPSA) is 108 Å². The number of hydrogen-bond donors (Lipinski definition) is 1.